The van der Waals surface area contributed by atoms with Crippen LogP contribution in [0.25, 0.3) is 10.9 Å². The number of rotatable bonds is 5. The molecule has 0 bridgehead atoms. The summed E-state index contributed by atoms with van der Waals surface area (Å²) in [7, 11) is 0. The molecule has 4 rings (SSSR count). The van der Waals surface area contributed by atoms with Gasteiger partial charge in [-0.2, -0.15) is 5.26 Å². The highest BCUT2D eigenvalue weighted by Crippen LogP contribution is 2.33. The van der Waals surface area contributed by atoms with Crippen LogP contribution < -0.4 is 4.74 Å². The first-order valence-electron chi connectivity index (χ1n) is 9.49. The van der Waals surface area contributed by atoms with Crippen molar-refractivity contribution in [1.29, 1.82) is 5.26 Å². The Bertz CT molecular complexity index is 1270. The molecule has 0 aliphatic rings. The monoisotopic (exact) mass is 419 g/mol. The van der Waals surface area contributed by atoms with E-state index >= 15 is 0 Å². The molecule has 0 aliphatic carbocycles. The fourth-order valence-corrected chi connectivity index (χ4v) is 3.71. The first kappa shape index (κ1) is 19.9. The molecule has 0 radical (unpaired) electrons. The standard InChI is InChI=1S/C24H19ClFN3O/c1-15-16(2)29(13-18-5-3-4-6-22(18)25)23-21(15)11-20(12-27)28-24(23)30-14-17-7-9-19(26)10-8-17/h3-11H,13-14H2,1-2H3. The average molecular weight is 420 g/mol. The third-order valence-corrected chi connectivity index (χ3v) is 5.64. The number of hydrogen-bond acceptors (Lipinski definition) is 3. The number of aryl methyl sites for hydroxylation is 1. The van der Waals surface area contributed by atoms with Gasteiger partial charge in [0.1, 0.15) is 29.7 Å². The number of nitrogens with zero attached hydrogens (tertiary/aromatic N) is 3. The highest BCUT2D eigenvalue weighted by Gasteiger charge is 2.19. The molecule has 2 aromatic carbocycles. The van der Waals surface area contributed by atoms with Crippen molar-refractivity contribution in [3.05, 3.63) is 93.5 Å². The predicted octanol–water partition coefficient (Wildman–Crippen LogP) is 5.94. The third-order valence-electron chi connectivity index (χ3n) is 5.27. The van der Waals surface area contributed by atoms with Crippen LogP contribution in [0.1, 0.15) is 28.1 Å². The van der Waals surface area contributed by atoms with E-state index in [1.54, 1.807) is 18.2 Å². The number of benzene rings is 2. The zero-order chi connectivity index (χ0) is 21.3. The van der Waals surface area contributed by atoms with Crippen LogP contribution in [0.3, 0.4) is 0 Å². The summed E-state index contributed by atoms with van der Waals surface area (Å²) in [6.45, 7) is 4.82. The van der Waals surface area contributed by atoms with Gasteiger partial charge in [-0.25, -0.2) is 9.37 Å². The van der Waals surface area contributed by atoms with Crippen LogP contribution in [-0.4, -0.2) is 9.55 Å². The smallest absolute Gasteiger partial charge is 0.240 e. The van der Waals surface area contributed by atoms with E-state index in [-0.39, 0.29) is 18.1 Å². The second-order valence-electron chi connectivity index (χ2n) is 7.12. The van der Waals surface area contributed by atoms with Crippen LogP contribution in [0.2, 0.25) is 5.02 Å². The molecule has 4 aromatic rings. The molecule has 0 N–H and O–H groups in total. The lowest BCUT2D eigenvalue weighted by Gasteiger charge is -2.13. The summed E-state index contributed by atoms with van der Waals surface area (Å²) in [6, 6.07) is 17.7. The molecule has 0 atom stereocenters. The van der Waals surface area contributed by atoms with Crippen molar-refractivity contribution in [3.8, 4) is 11.9 Å². The van der Waals surface area contributed by atoms with Crippen molar-refractivity contribution in [3.63, 3.8) is 0 Å². The van der Waals surface area contributed by atoms with Crippen molar-refractivity contribution < 1.29 is 9.13 Å². The van der Waals surface area contributed by atoms with Crippen LogP contribution in [0, 0.1) is 31.0 Å². The Labute approximate surface area is 179 Å². The third kappa shape index (κ3) is 3.74. The molecule has 0 saturated heterocycles. The van der Waals surface area contributed by atoms with Gasteiger partial charge in [-0.15, -0.1) is 0 Å². The molecular weight excluding hydrogens is 401 g/mol. The topological polar surface area (TPSA) is 50.8 Å². The molecule has 6 heteroatoms. The second-order valence-corrected chi connectivity index (χ2v) is 7.53. The minimum absolute atomic E-state index is 0.215. The summed E-state index contributed by atoms with van der Waals surface area (Å²) in [5, 5.41) is 11.0. The van der Waals surface area contributed by atoms with E-state index in [2.05, 4.69) is 15.6 Å². The van der Waals surface area contributed by atoms with Crippen LogP contribution in [-0.2, 0) is 13.2 Å². The Morgan fingerprint density at radius 2 is 1.87 bits per heavy atom. The fraction of sp³-hybridized carbons (Fsp3) is 0.167. The van der Waals surface area contributed by atoms with Crippen molar-refractivity contribution in [2.24, 2.45) is 0 Å². The number of aromatic nitrogens is 2. The number of hydrogen-bond donors (Lipinski definition) is 0. The summed E-state index contributed by atoms with van der Waals surface area (Å²) in [5.74, 6) is 0.0715. The maximum atomic E-state index is 13.2. The highest BCUT2D eigenvalue weighted by molar-refractivity contribution is 6.31. The van der Waals surface area contributed by atoms with Crippen molar-refractivity contribution in [1.82, 2.24) is 9.55 Å². The molecular formula is C24H19ClFN3O. The summed E-state index contributed by atoms with van der Waals surface area (Å²) in [4.78, 5) is 4.42. The normalized spacial score (nSPS) is 10.9. The number of halogens is 2. The van der Waals surface area contributed by atoms with Gasteiger partial charge < -0.3 is 9.30 Å². The summed E-state index contributed by atoms with van der Waals surface area (Å²) in [6.07, 6.45) is 0. The van der Waals surface area contributed by atoms with Gasteiger partial charge in [-0.3, -0.25) is 0 Å². The zero-order valence-electron chi connectivity index (χ0n) is 16.6. The van der Waals surface area contributed by atoms with Crippen LogP contribution >= 0.6 is 11.6 Å². The molecule has 2 heterocycles. The SMILES string of the molecule is Cc1c(C)n(Cc2ccccc2Cl)c2c(OCc3ccc(F)cc3)nc(C#N)cc12. The largest absolute Gasteiger partial charge is 0.471 e. The number of pyridine rings is 1. The lowest BCUT2D eigenvalue weighted by molar-refractivity contribution is 0.296. The molecule has 4 nitrogen and oxygen atoms in total. The lowest BCUT2D eigenvalue weighted by Crippen LogP contribution is -2.06. The molecule has 0 unspecified atom stereocenters. The molecule has 0 amide bonds. The molecule has 30 heavy (non-hydrogen) atoms. The minimum Gasteiger partial charge on any atom is -0.471 e. The Balaban J connectivity index is 1.81. The van der Waals surface area contributed by atoms with Gasteiger partial charge in [-0.05, 0) is 54.8 Å². The molecule has 0 saturated carbocycles. The van der Waals surface area contributed by atoms with Gasteiger partial charge in [0, 0.05) is 22.6 Å². The number of ether oxygens (including phenoxy) is 1. The van der Waals surface area contributed by atoms with E-state index in [0.29, 0.717) is 17.4 Å². The first-order valence-corrected chi connectivity index (χ1v) is 9.87. The molecule has 0 fully saturated rings. The Morgan fingerprint density at radius 1 is 1.13 bits per heavy atom. The van der Waals surface area contributed by atoms with Crippen LogP contribution in [0.4, 0.5) is 4.39 Å². The van der Waals surface area contributed by atoms with Gasteiger partial charge in [0.25, 0.3) is 0 Å². The van der Waals surface area contributed by atoms with E-state index in [1.165, 1.54) is 12.1 Å². The van der Waals surface area contributed by atoms with E-state index in [4.69, 9.17) is 16.3 Å². The Kier molecular flexibility index (Phi) is 5.43. The lowest BCUT2D eigenvalue weighted by atomic mass is 10.1. The predicted molar refractivity (Wildman–Crippen MR) is 115 cm³/mol. The van der Waals surface area contributed by atoms with Crippen molar-refractivity contribution in [2.75, 3.05) is 0 Å². The maximum Gasteiger partial charge on any atom is 0.240 e. The van der Waals surface area contributed by atoms with Gasteiger partial charge in [0.05, 0.1) is 0 Å². The van der Waals surface area contributed by atoms with Gasteiger partial charge in [0.15, 0.2) is 0 Å². The van der Waals surface area contributed by atoms with Gasteiger partial charge >= 0.3 is 0 Å². The highest BCUT2D eigenvalue weighted by atomic mass is 35.5. The second kappa shape index (κ2) is 8.17. The summed E-state index contributed by atoms with van der Waals surface area (Å²) >= 11 is 6.39. The van der Waals surface area contributed by atoms with E-state index in [0.717, 1.165) is 33.3 Å². The number of nitriles is 1. The van der Waals surface area contributed by atoms with E-state index < -0.39 is 0 Å². The van der Waals surface area contributed by atoms with Gasteiger partial charge in [0.2, 0.25) is 5.88 Å². The minimum atomic E-state index is -0.300. The molecule has 0 spiro atoms. The Morgan fingerprint density at radius 3 is 2.57 bits per heavy atom. The average Bonchev–Trinajstić information content (AvgIpc) is 2.99. The van der Waals surface area contributed by atoms with E-state index in [1.807, 2.05) is 38.1 Å². The quantitative estimate of drug-likeness (QED) is 0.402. The van der Waals surface area contributed by atoms with Crippen LogP contribution in [0.5, 0.6) is 5.88 Å². The molecule has 150 valence electrons. The van der Waals surface area contributed by atoms with Crippen molar-refractivity contribution in [2.45, 2.75) is 27.0 Å². The number of fused-ring (bicyclic) bond motifs is 1. The molecule has 2 aromatic heterocycles. The maximum absolute atomic E-state index is 13.2. The van der Waals surface area contributed by atoms with Gasteiger partial charge in [-0.1, -0.05) is 41.9 Å². The van der Waals surface area contributed by atoms with Crippen LogP contribution in [0.15, 0.2) is 54.6 Å². The Hall–Kier alpha value is -3.36. The first-order chi connectivity index (χ1) is 14.5. The zero-order valence-corrected chi connectivity index (χ0v) is 17.4. The summed E-state index contributed by atoms with van der Waals surface area (Å²) < 4.78 is 21.3. The van der Waals surface area contributed by atoms with Crippen molar-refractivity contribution >= 4 is 22.5 Å². The summed E-state index contributed by atoms with van der Waals surface area (Å²) in [5.41, 5.74) is 5.00. The van der Waals surface area contributed by atoms with E-state index in [9.17, 15) is 9.65 Å². The fourth-order valence-electron chi connectivity index (χ4n) is 3.51. The molecule has 0 aliphatic heterocycles.